The summed E-state index contributed by atoms with van der Waals surface area (Å²) in [5.74, 6) is 0.464. The molecule has 0 aromatic carbocycles. The van der Waals surface area contributed by atoms with Crippen LogP contribution in [0.3, 0.4) is 0 Å². The molecular formula is C8H9FN3O. The largest absolute Gasteiger partial charge is 0.486 e. The molecule has 1 radical (unpaired) electrons. The molecule has 0 aliphatic carbocycles. The molecule has 0 fully saturated rings. The Morgan fingerprint density at radius 1 is 1.62 bits per heavy atom. The Kier molecular flexibility index (Phi) is 3.84. The minimum Gasteiger partial charge on any atom is -0.486 e. The highest BCUT2D eigenvalue weighted by atomic mass is 19.1. The molecule has 4 nitrogen and oxygen atoms in total. The maximum Gasteiger partial charge on any atom is 0.197 e. The lowest BCUT2D eigenvalue weighted by molar-refractivity contribution is 0.344. The summed E-state index contributed by atoms with van der Waals surface area (Å²) in [6, 6.07) is 0. The molecular weight excluding hydrogens is 173 g/mol. The molecule has 13 heavy (non-hydrogen) atoms. The number of hydrogen-bond acceptors (Lipinski definition) is 4. The zero-order chi connectivity index (χ0) is 9.52. The third kappa shape index (κ3) is 3.16. The third-order valence-corrected chi connectivity index (χ3v) is 1.34. The number of aromatic nitrogens is 2. The van der Waals surface area contributed by atoms with Gasteiger partial charge in [0.15, 0.2) is 12.1 Å². The van der Waals surface area contributed by atoms with E-state index < -0.39 is 0 Å². The van der Waals surface area contributed by atoms with E-state index in [2.05, 4.69) is 16.3 Å². The van der Waals surface area contributed by atoms with Gasteiger partial charge in [0, 0.05) is 12.1 Å². The molecule has 1 aromatic heterocycles. The number of nitrogens with two attached hydrogens (primary N) is 1. The summed E-state index contributed by atoms with van der Waals surface area (Å²) in [5, 5.41) is 0. The summed E-state index contributed by atoms with van der Waals surface area (Å²) in [6.07, 6.45) is 5.68. The van der Waals surface area contributed by atoms with Gasteiger partial charge < -0.3 is 10.5 Å². The van der Waals surface area contributed by atoms with E-state index in [1.807, 2.05) is 0 Å². The van der Waals surface area contributed by atoms with Crippen LogP contribution >= 0.6 is 0 Å². The molecule has 0 amide bonds. The fourth-order valence-corrected chi connectivity index (χ4v) is 0.637. The second kappa shape index (κ2) is 5.21. The maximum atomic E-state index is 12.0. The lowest BCUT2D eigenvalue weighted by atomic mass is 10.3. The zero-order valence-corrected chi connectivity index (χ0v) is 6.90. The van der Waals surface area contributed by atoms with Crippen LogP contribution in [0.25, 0.3) is 0 Å². The topological polar surface area (TPSA) is 61.0 Å². The van der Waals surface area contributed by atoms with Gasteiger partial charge >= 0.3 is 0 Å². The first-order chi connectivity index (χ1) is 6.36. The van der Waals surface area contributed by atoms with Crippen LogP contribution in [-0.4, -0.2) is 23.1 Å². The van der Waals surface area contributed by atoms with E-state index in [4.69, 9.17) is 10.5 Å². The Hall–Kier alpha value is -1.49. The molecule has 69 valence electrons. The number of nitrogens with zero attached hydrogens (tertiary/aromatic N) is 2. The zero-order valence-electron chi connectivity index (χ0n) is 6.90. The van der Waals surface area contributed by atoms with E-state index in [1.54, 1.807) is 0 Å². The van der Waals surface area contributed by atoms with Gasteiger partial charge in [0.05, 0.1) is 18.7 Å². The lowest BCUT2D eigenvalue weighted by Crippen LogP contribution is -2.10. The Balaban J connectivity index is 2.43. The minimum atomic E-state index is 0.111. The van der Waals surface area contributed by atoms with Gasteiger partial charge in [-0.2, -0.15) is 0 Å². The van der Waals surface area contributed by atoms with E-state index in [0.717, 1.165) is 0 Å². The van der Waals surface area contributed by atoms with Crippen LogP contribution in [0.4, 0.5) is 4.39 Å². The molecule has 1 aromatic rings. The van der Waals surface area contributed by atoms with Gasteiger partial charge in [0.25, 0.3) is 0 Å². The van der Waals surface area contributed by atoms with Crippen molar-refractivity contribution in [1.82, 2.24) is 9.97 Å². The van der Waals surface area contributed by atoms with E-state index in [1.165, 1.54) is 12.4 Å². The minimum absolute atomic E-state index is 0.111. The van der Waals surface area contributed by atoms with Crippen LogP contribution in [0, 0.1) is 6.33 Å². The Bertz CT molecular complexity index is 276. The summed E-state index contributed by atoms with van der Waals surface area (Å²) in [7, 11) is 0. The standard InChI is InChI=1S/C8H9FN3O/c9-1-7(2-10)5-13-8-3-11-6-12-4-8/h1,3-4H,2,5,10H2/b7-1+. The summed E-state index contributed by atoms with van der Waals surface area (Å²) >= 11 is 0. The van der Waals surface area contributed by atoms with Crippen LogP contribution in [-0.2, 0) is 0 Å². The second-order valence-electron chi connectivity index (χ2n) is 2.28. The Morgan fingerprint density at radius 3 is 2.85 bits per heavy atom. The van der Waals surface area contributed by atoms with Crippen LogP contribution in [0.5, 0.6) is 5.75 Å². The van der Waals surface area contributed by atoms with Crippen LogP contribution in [0.1, 0.15) is 0 Å². The molecule has 0 saturated carbocycles. The Morgan fingerprint density at radius 2 is 2.31 bits per heavy atom. The molecule has 0 unspecified atom stereocenters. The number of hydrogen-bond donors (Lipinski definition) is 1. The SMILES string of the molecule is NC/C(=C\F)COc1cn[c]nc1. The Labute approximate surface area is 75.3 Å². The predicted molar refractivity (Wildman–Crippen MR) is 44.6 cm³/mol. The fraction of sp³-hybridized carbons (Fsp3) is 0.250. The molecule has 0 bridgehead atoms. The predicted octanol–water partition coefficient (Wildman–Crippen LogP) is 0.468. The molecule has 0 saturated heterocycles. The second-order valence-corrected chi connectivity index (χ2v) is 2.28. The van der Waals surface area contributed by atoms with Gasteiger partial charge in [0.1, 0.15) is 6.61 Å². The summed E-state index contributed by atoms with van der Waals surface area (Å²) in [5.41, 5.74) is 5.60. The fourth-order valence-electron chi connectivity index (χ4n) is 0.637. The lowest BCUT2D eigenvalue weighted by Gasteiger charge is -2.04. The molecule has 0 aliphatic heterocycles. The van der Waals surface area contributed by atoms with Gasteiger partial charge in [-0.25, -0.2) is 14.4 Å². The van der Waals surface area contributed by atoms with Crippen molar-refractivity contribution in [2.75, 3.05) is 13.2 Å². The van der Waals surface area contributed by atoms with Crippen molar-refractivity contribution in [2.24, 2.45) is 5.73 Å². The van der Waals surface area contributed by atoms with Crippen LogP contribution in [0.15, 0.2) is 24.3 Å². The number of ether oxygens (including phenoxy) is 1. The van der Waals surface area contributed by atoms with Gasteiger partial charge in [-0.3, -0.25) is 0 Å². The molecule has 1 rings (SSSR count). The average molecular weight is 182 g/mol. The quantitative estimate of drug-likeness (QED) is 0.735. The van der Waals surface area contributed by atoms with Crippen molar-refractivity contribution in [3.8, 4) is 5.75 Å². The van der Waals surface area contributed by atoms with Gasteiger partial charge in [-0.05, 0) is 0 Å². The molecule has 0 atom stereocenters. The molecule has 5 heteroatoms. The highest BCUT2D eigenvalue weighted by molar-refractivity contribution is 5.12. The summed E-state index contributed by atoms with van der Waals surface area (Å²) < 4.78 is 17.1. The van der Waals surface area contributed by atoms with E-state index in [0.29, 0.717) is 17.7 Å². The third-order valence-electron chi connectivity index (χ3n) is 1.34. The van der Waals surface area contributed by atoms with Crippen molar-refractivity contribution >= 4 is 0 Å². The van der Waals surface area contributed by atoms with E-state index >= 15 is 0 Å². The normalized spacial score (nSPS) is 11.4. The summed E-state index contributed by atoms with van der Waals surface area (Å²) in [4.78, 5) is 7.22. The van der Waals surface area contributed by atoms with Gasteiger partial charge in [-0.15, -0.1) is 0 Å². The van der Waals surface area contributed by atoms with Crippen molar-refractivity contribution in [2.45, 2.75) is 0 Å². The van der Waals surface area contributed by atoms with Crippen LogP contribution in [0.2, 0.25) is 0 Å². The van der Waals surface area contributed by atoms with Crippen molar-refractivity contribution in [3.05, 3.63) is 30.6 Å². The van der Waals surface area contributed by atoms with Crippen molar-refractivity contribution in [1.29, 1.82) is 0 Å². The molecule has 1 heterocycles. The number of halogens is 1. The first-order valence-corrected chi connectivity index (χ1v) is 3.66. The van der Waals surface area contributed by atoms with Crippen molar-refractivity contribution in [3.63, 3.8) is 0 Å². The molecule has 0 spiro atoms. The smallest absolute Gasteiger partial charge is 0.197 e. The molecule has 0 aliphatic rings. The highest BCUT2D eigenvalue weighted by Crippen LogP contribution is 2.05. The van der Waals surface area contributed by atoms with Gasteiger partial charge in [0.2, 0.25) is 0 Å². The first-order valence-electron chi connectivity index (χ1n) is 3.66. The average Bonchev–Trinajstić information content (AvgIpc) is 2.21. The van der Waals surface area contributed by atoms with E-state index in [9.17, 15) is 4.39 Å². The summed E-state index contributed by atoms with van der Waals surface area (Å²) in [6.45, 7) is 0.247. The van der Waals surface area contributed by atoms with Gasteiger partial charge in [-0.1, -0.05) is 0 Å². The highest BCUT2D eigenvalue weighted by Gasteiger charge is 1.97. The van der Waals surface area contributed by atoms with Crippen LogP contribution < -0.4 is 10.5 Å². The maximum absolute atomic E-state index is 12.0. The first kappa shape index (κ1) is 9.60. The van der Waals surface area contributed by atoms with Crippen molar-refractivity contribution < 1.29 is 9.13 Å². The number of rotatable bonds is 4. The monoisotopic (exact) mass is 182 g/mol. The van der Waals surface area contributed by atoms with E-state index in [-0.39, 0.29) is 13.2 Å². The molecule has 2 N–H and O–H groups in total.